The van der Waals surface area contributed by atoms with Gasteiger partial charge in [-0.05, 0) is 146 Å². The Hall–Kier alpha value is -12.4. The summed E-state index contributed by atoms with van der Waals surface area (Å²) >= 11 is 12.7. The Bertz CT molecular complexity index is 5790. The fourth-order valence-electron chi connectivity index (χ4n) is 16.9. The minimum Gasteiger partial charge on any atom is -0.478 e. The number of para-hydroxylation sites is 1. The average molecular weight is 1820 g/mol. The Morgan fingerprint density at radius 3 is 1.31 bits per heavy atom. The monoisotopic (exact) mass is 1820 g/mol. The van der Waals surface area contributed by atoms with Crippen LogP contribution < -0.4 is 16.8 Å². The highest BCUT2D eigenvalue weighted by Gasteiger charge is 2.35. The minimum absolute atomic E-state index is 0.0331. The fraction of sp³-hybridized carbons (Fsp3) is 0.299. The van der Waals surface area contributed by atoms with Crippen molar-refractivity contribution in [3.05, 3.63) is 355 Å². The highest BCUT2D eigenvalue weighted by molar-refractivity contribution is 9.08. The van der Waals surface area contributed by atoms with Crippen molar-refractivity contribution < 1.29 is 48.6 Å². The molecule has 0 saturated carbocycles. The van der Waals surface area contributed by atoms with Gasteiger partial charge in [0.15, 0.2) is 0 Å². The van der Waals surface area contributed by atoms with Gasteiger partial charge in [0.1, 0.15) is 0 Å². The molecule has 3 amide bonds. The van der Waals surface area contributed by atoms with Crippen LogP contribution in [-0.4, -0.2) is 179 Å². The zero-order chi connectivity index (χ0) is 90.2. The van der Waals surface area contributed by atoms with Crippen LogP contribution in [0.2, 0.25) is 0 Å². The number of aromatic nitrogens is 1. The first-order chi connectivity index (χ1) is 61.5. The van der Waals surface area contributed by atoms with Crippen LogP contribution in [0.4, 0.5) is 34.1 Å². The molecule has 0 bridgehead atoms. The first-order valence-electron chi connectivity index (χ1n) is 42.2. The van der Waals surface area contributed by atoms with Crippen LogP contribution in [0.15, 0.2) is 218 Å². The molecule has 30 heteroatoms. The van der Waals surface area contributed by atoms with Gasteiger partial charge in [-0.25, -0.2) is 9.59 Å². The van der Waals surface area contributed by atoms with Gasteiger partial charge in [0.05, 0.1) is 66.6 Å². The van der Waals surface area contributed by atoms with Crippen molar-refractivity contribution in [1.29, 1.82) is 0 Å². The second-order valence-electron chi connectivity index (χ2n) is 31.4. The number of benzene rings is 10. The maximum absolute atomic E-state index is 13.2. The number of amides is 3. The number of anilines is 3. The Morgan fingerprint density at radius 2 is 0.858 bits per heavy atom. The van der Waals surface area contributed by atoms with Crippen LogP contribution in [0.3, 0.4) is 0 Å². The summed E-state index contributed by atoms with van der Waals surface area (Å²) in [5.41, 5.74) is 32.9. The summed E-state index contributed by atoms with van der Waals surface area (Å²) in [6.45, 7) is 21.6. The number of nitrogens with zero attached hydrogens (tertiary/aromatic N) is 11. The molecule has 0 spiro atoms. The molecular formula is C97H103BrCl2N14O13. The molecule has 11 aromatic rings. The van der Waals surface area contributed by atoms with Crippen LogP contribution in [0, 0.1) is 44.2 Å². The highest BCUT2D eigenvalue weighted by Crippen LogP contribution is 2.37. The number of ether oxygens (including phenoxy) is 1. The summed E-state index contributed by atoms with van der Waals surface area (Å²) < 4.78 is 4.82. The number of nitrogens with two attached hydrogens (primary N) is 2. The first kappa shape index (κ1) is 93.8. The number of nitrogen functional groups attached to an aromatic ring is 1. The lowest BCUT2D eigenvalue weighted by atomic mass is 10.00. The number of rotatable bonds is 20. The third-order valence-electron chi connectivity index (χ3n) is 23.5. The largest absolute Gasteiger partial charge is 0.478 e. The summed E-state index contributed by atoms with van der Waals surface area (Å²) in [6, 6.07) is 69.4. The van der Waals surface area contributed by atoms with Crippen LogP contribution >= 0.6 is 39.1 Å². The number of nitrogens with one attached hydrogen (secondary N) is 1. The van der Waals surface area contributed by atoms with Gasteiger partial charge in [-0.3, -0.25) is 69.3 Å². The first-order valence-corrected chi connectivity index (χ1v) is 44.4. The van der Waals surface area contributed by atoms with E-state index in [0.717, 1.165) is 173 Å². The number of aryl methyl sites for hydroxylation is 1. The maximum atomic E-state index is 13.2. The lowest BCUT2D eigenvalue weighted by Crippen LogP contribution is -2.38. The normalized spacial score (nSPS) is 14.6. The van der Waals surface area contributed by atoms with E-state index >= 15 is 0 Å². The zero-order valence-electron chi connectivity index (χ0n) is 71.2. The smallest absolute Gasteiger partial charge is 0.338 e. The van der Waals surface area contributed by atoms with Crippen LogP contribution in [0.25, 0.3) is 10.9 Å². The molecule has 660 valence electrons. The molecule has 27 nitrogen and oxygen atoms in total. The number of alkyl halides is 3. The molecule has 0 radical (unpaired) electrons. The molecule has 1 aromatic heterocycles. The summed E-state index contributed by atoms with van der Waals surface area (Å²) in [7, 11) is 0. The number of carbonyl (C=O) groups excluding carboxylic acids is 4. The third kappa shape index (κ3) is 23.9. The van der Waals surface area contributed by atoms with Gasteiger partial charge in [0.2, 0.25) is 0 Å². The lowest BCUT2D eigenvalue weighted by Gasteiger charge is -2.30. The molecule has 0 atom stereocenters. The van der Waals surface area contributed by atoms with Crippen molar-refractivity contribution in [3.8, 4) is 0 Å². The summed E-state index contributed by atoms with van der Waals surface area (Å²) in [4.78, 5) is 111. The van der Waals surface area contributed by atoms with Crippen LogP contribution in [0.5, 0.6) is 0 Å². The van der Waals surface area contributed by atoms with Crippen molar-refractivity contribution in [2.45, 2.75) is 97.6 Å². The number of fused-ring (bicyclic) bond motifs is 8. The number of carbonyl (C=O) groups is 5. The number of esters is 1. The van der Waals surface area contributed by atoms with Crippen molar-refractivity contribution in [1.82, 2.24) is 39.3 Å². The van der Waals surface area contributed by atoms with Crippen molar-refractivity contribution >= 4 is 114 Å². The predicted octanol–water partition coefficient (Wildman–Crippen LogP) is 16.9. The molecule has 8 heterocycles. The predicted molar refractivity (Wildman–Crippen MR) is 498 cm³/mol. The van der Waals surface area contributed by atoms with Crippen LogP contribution in [-0.2, 0) is 81.6 Å². The van der Waals surface area contributed by atoms with E-state index in [2.05, 4.69) is 161 Å². The molecular weight excluding hydrogens is 1720 g/mol. The third-order valence-corrected chi connectivity index (χ3v) is 24.1. The molecule has 0 saturated heterocycles. The van der Waals surface area contributed by atoms with Gasteiger partial charge in [-0.2, -0.15) is 0 Å². The SMILES string of the molecule is CCOC(=O)c1cccc([N+](=O)[O-])c1CBr.Cc1c(C(=O)O)cccc1[N+](=O)[O-].Cc1cc(Nc2cccc3c2CN(CCN2CCc4ccccc4C2)C3=O)c2ccccc2n1.ClCCl.NCCN1CCc2ccccc2C1.Nc1cccc2c1CN(CCN1CCc3ccccc3C1)C2=O.O=C1c2cccc([N+](=O)[O-])c2CN1CCN1CCc2ccccc2C1. The Kier molecular flexibility index (Phi) is 33.3. The molecule has 7 aliphatic heterocycles. The molecule has 0 aliphatic carbocycles. The van der Waals surface area contributed by atoms with E-state index in [1.165, 1.54) is 100 Å². The van der Waals surface area contributed by atoms with Gasteiger partial charge >= 0.3 is 11.9 Å². The number of nitro groups is 3. The summed E-state index contributed by atoms with van der Waals surface area (Å²) in [6.07, 6.45) is 4.38. The fourth-order valence-corrected chi connectivity index (χ4v) is 17.4. The number of hydrogen-bond acceptors (Lipinski definition) is 20. The van der Waals surface area contributed by atoms with Gasteiger partial charge in [0.25, 0.3) is 34.8 Å². The standard InChI is InChI=1S/C29H28N4O.C19H19N3O3.C19H21N3O.C11H16N2.C10H10BrNO4.C8H7NO4.CH2Cl2/c1-20-17-28(24-9-4-5-11-26(24)30-20)31-27-12-6-10-23-25(27)19-33(29(23)34)16-15-32-14-13-21-7-2-3-8-22(21)18-32;23-19-16-6-3-7-18(22(24)25)17(16)13-21(19)11-10-20-9-8-14-4-1-2-5-15(14)12-20;20-18-7-3-6-16-17(18)13-22(19(16)23)11-10-21-9-8-14-4-1-2-5-15(14)12-21;12-6-8-13-7-5-10-3-1-2-4-11(10)9-13;1-2-16-10(13)7-4-3-5-9(12(14)15)8(7)6-11;1-5-6(8(10)11)3-2-4-7(5)9(12)13;2-1-3/h2-12,17H,13-16,18-19H2,1H3,(H,30,31);1-7H,8-13H2;1-7H,8-13,20H2;1-4H,5-9,12H2;3-5H,2,6H2,1H3;2-4H,1H3,(H,10,11);1H2. The summed E-state index contributed by atoms with van der Waals surface area (Å²) in [5, 5.41) is 46.1. The van der Waals surface area contributed by atoms with Gasteiger partial charge in [-0.1, -0.05) is 162 Å². The van der Waals surface area contributed by atoms with E-state index in [4.69, 9.17) is 44.5 Å². The van der Waals surface area contributed by atoms with Crippen molar-refractivity contribution in [2.24, 2.45) is 5.73 Å². The number of halogens is 3. The molecule has 7 aliphatic rings. The van der Waals surface area contributed by atoms with E-state index in [1.54, 1.807) is 24.0 Å². The number of nitro benzene ring substituents is 3. The molecule has 10 aromatic carbocycles. The Morgan fingerprint density at radius 1 is 0.472 bits per heavy atom. The van der Waals surface area contributed by atoms with Gasteiger partial charge in [-0.15, -0.1) is 23.2 Å². The van der Waals surface area contributed by atoms with E-state index in [0.29, 0.717) is 42.9 Å². The maximum Gasteiger partial charge on any atom is 0.338 e. The van der Waals surface area contributed by atoms with Gasteiger partial charge in [0, 0.05) is 197 Å². The minimum atomic E-state index is -1.15. The number of hydrogen-bond donors (Lipinski definition) is 4. The van der Waals surface area contributed by atoms with Crippen molar-refractivity contribution in [2.75, 3.05) is 102 Å². The second-order valence-corrected chi connectivity index (χ2v) is 32.8. The van der Waals surface area contributed by atoms with Crippen molar-refractivity contribution in [3.63, 3.8) is 0 Å². The Balaban J connectivity index is 0.000000142. The summed E-state index contributed by atoms with van der Waals surface area (Å²) in [5.74, 6) is -1.55. The molecule has 127 heavy (non-hydrogen) atoms. The van der Waals surface area contributed by atoms with E-state index in [-0.39, 0.29) is 68.8 Å². The molecule has 0 fully saturated rings. The van der Waals surface area contributed by atoms with Gasteiger partial charge < -0.3 is 41.3 Å². The number of carboxylic acids is 1. The highest BCUT2D eigenvalue weighted by atomic mass is 79.9. The molecule has 18 rings (SSSR count). The Labute approximate surface area is 756 Å². The topological polar surface area (TPSA) is 344 Å². The zero-order valence-corrected chi connectivity index (χ0v) is 74.3. The second kappa shape index (κ2) is 45.2. The molecule has 0 unspecified atom stereocenters. The molecule has 6 N–H and O–H groups in total. The lowest BCUT2D eigenvalue weighted by molar-refractivity contribution is -0.385. The quantitative estimate of drug-likeness (QED) is 0.0181. The average Bonchev–Trinajstić information content (AvgIpc) is 1.63. The van der Waals surface area contributed by atoms with E-state index in [9.17, 15) is 54.3 Å². The number of carboxylic acid groups (broad SMARTS) is 1. The number of pyridine rings is 1. The number of aromatic carboxylic acids is 1. The van der Waals surface area contributed by atoms with Crippen LogP contribution in [0.1, 0.15) is 137 Å². The van der Waals surface area contributed by atoms with E-state index in [1.807, 2.05) is 65.3 Å². The van der Waals surface area contributed by atoms with E-state index < -0.39 is 26.7 Å².